The molecule has 0 saturated heterocycles. The summed E-state index contributed by atoms with van der Waals surface area (Å²) in [5.41, 5.74) is 9.42. The Morgan fingerprint density at radius 1 is 0.310 bits per heavy atom. The van der Waals surface area contributed by atoms with Crippen LogP contribution < -0.4 is 9.80 Å². The van der Waals surface area contributed by atoms with Gasteiger partial charge in [0.15, 0.2) is 0 Å². The van der Waals surface area contributed by atoms with Crippen molar-refractivity contribution in [2.45, 2.75) is 13.8 Å². The molecule has 10 aromatic carbocycles. The van der Waals surface area contributed by atoms with Gasteiger partial charge in [-0.05, 0) is 108 Å². The van der Waals surface area contributed by atoms with Crippen LogP contribution in [0.3, 0.4) is 0 Å². The minimum atomic E-state index is 1.14. The minimum absolute atomic E-state index is 1.14. The van der Waals surface area contributed by atoms with Crippen LogP contribution in [0.1, 0.15) is 11.1 Å². The van der Waals surface area contributed by atoms with E-state index in [1.54, 1.807) is 0 Å². The highest BCUT2D eigenvalue weighted by Crippen LogP contribution is 2.49. The van der Waals surface area contributed by atoms with Gasteiger partial charge in [-0.3, -0.25) is 0 Å². The molecule has 0 N–H and O–H groups in total. The lowest BCUT2D eigenvalue weighted by Crippen LogP contribution is -2.11. The molecular formula is C54H36N2S2. The van der Waals surface area contributed by atoms with Crippen LogP contribution in [0.25, 0.3) is 72.7 Å². The van der Waals surface area contributed by atoms with Crippen LogP contribution in [0, 0.1) is 13.8 Å². The van der Waals surface area contributed by atoms with E-state index in [0.29, 0.717) is 0 Å². The zero-order valence-corrected chi connectivity index (χ0v) is 33.7. The van der Waals surface area contributed by atoms with Gasteiger partial charge in [-0.1, -0.05) is 120 Å². The van der Waals surface area contributed by atoms with Gasteiger partial charge in [0.1, 0.15) is 0 Å². The smallest absolute Gasteiger partial charge is 0.0540 e. The van der Waals surface area contributed by atoms with Crippen LogP contribution >= 0.6 is 22.7 Å². The van der Waals surface area contributed by atoms with E-state index in [2.05, 4.69) is 206 Å². The number of anilines is 6. The SMILES string of the molecule is Cc1ccc(N(c2ccc3c(c2)sc2ccccc23)c2ccc3ccc4c(N(c5ccc(C)cc5)c5ccc6c(c5)sc5ccccc56)ccc5ccc2c3c54)cc1. The van der Waals surface area contributed by atoms with Crippen LogP contribution in [-0.4, -0.2) is 0 Å². The fraction of sp³-hybridized carbons (Fsp3) is 0.0370. The highest BCUT2D eigenvalue weighted by molar-refractivity contribution is 7.26. The van der Waals surface area contributed by atoms with E-state index in [1.807, 2.05) is 22.7 Å². The summed E-state index contributed by atoms with van der Waals surface area (Å²) in [6.07, 6.45) is 0. The molecule has 0 amide bonds. The minimum Gasteiger partial charge on any atom is -0.310 e. The molecule has 0 saturated carbocycles. The second kappa shape index (κ2) is 12.9. The highest BCUT2D eigenvalue weighted by Gasteiger charge is 2.23. The Labute approximate surface area is 344 Å². The Kier molecular flexibility index (Phi) is 7.44. The Bertz CT molecular complexity index is 3300. The second-order valence-corrected chi connectivity index (χ2v) is 17.7. The van der Waals surface area contributed by atoms with Crippen molar-refractivity contribution in [1.29, 1.82) is 0 Å². The van der Waals surface area contributed by atoms with E-state index in [1.165, 1.54) is 95.2 Å². The third kappa shape index (κ3) is 5.15. The summed E-state index contributed by atoms with van der Waals surface area (Å²) < 4.78 is 5.23. The molecule has 2 heterocycles. The lowest BCUT2D eigenvalue weighted by atomic mass is 9.91. The Hall–Kier alpha value is -6.72. The normalized spacial score (nSPS) is 12.0. The zero-order chi connectivity index (χ0) is 38.5. The lowest BCUT2D eigenvalue weighted by Gasteiger charge is -2.29. The van der Waals surface area contributed by atoms with Gasteiger partial charge in [0.25, 0.3) is 0 Å². The van der Waals surface area contributed by atoms with E-state index < -0.39 is 0 Å². The van der Waals surface area contributed by atoms with Gasteiger partial charge >= 0.3 is 0 Å². The van der Waals surface area contributed by atoms with Gasteiger partial charge in [0.2, 0.25) is 0 Å². The average Bonchev–Trinajstić information content (AvgIpc) is 3.83. The summed E-state index contributed by atoms with van der Waals surface area (Å²) in [4.78, 5) is 4.91. The molecule has 0 aliphatic heterocycles. The zero-order valence-electron chi connectivity index (χ0n) is 32.0. The van der Waals surface area contributed by atoms with Crippen molar-refractivity contribution in [3.63, 3.8) is 0 Å². The van der Waals surface area contributed by atoms with Crippen LogP contribution in [0.5, 0.6) is 0 Å². The largest absolute Gasteiger partial charge is 0.310 e. The average molecular weight is 777 g/mol. The van der Waals surface area contributed by atoms with E-state index in [0.717, 1.165) is 22.7 Å². The maximum atomic E-state index is 2.45. The maximum absolute atomic E-state index is 2.45. The summed E-state index contributed by atoms with van der Waals surface area (Å²) in [5, 5.41) is 12.8. The van der Waals surface area contributed by atoms with Gasteiger partial charge in [0.05, 0.1) is 11.4 Å². The molecule has 2 aromatic heterocycles. The van der Waals surface area contributed by atoms with Crippen molar-refractivity contribution in [1.82, 2.24) is 0 Å². The van der Waals surface area contributed by atoms with Crippen molar-refractivity contribution < 1.29 is 0 Å². The van der Waals surface area contributed by atoms with Crippen molar-refractivity contribution in [3.05, 3.63) is 193 Å². The molecule has 0 atom stereocenters. The molecule has 0 spiro atoms. The standard InChI is InChI=1S/C54H36N2S2/c1-33-11-19-37(20-12-33)55(39-23-27-43-41-7-3-5-9-49(41)57-51(43)31-39)47-29-17-35-16-26-46-48(30-18-36-15-25-45(47)53(35)54(36)46)56(38-21-13-34(2)14-22-38)40-24-28-44-42-8-4-6-10-50(42)58-52(44)32-40/h3-32H,1-2H3. The first-order valence-electron chi connectivity index (χ1n) is 19.8. The number of thiophene rings is 2. The molecule has 0 bridgehead atoms. The number of hydrogen-bond acceptors (Lipinski definition) is 4. The number of nitrogens with zero attached hydrogens (tertiary/aromatic N) is 2. The van der Waals surface area contributed by atoms with Gasteiger partial charge in [-0.2, -0.15) is 0 Å². The predicted octanol–water partition coefficient (Wildman–Crippen LogP) is 16.9. The predicted molar refractivity (Wildman–Crippen MR) is 255 cm³/mol. The molecule has 0 aliphatic rings. The topological polar surface area (TPSA) is 6.48 Å². The lowest BCUT2D eigenvalue weighted by molar-refractivity contribution is 1.29. The number of rotatable bonds is 6. The molecular weight excluding hydrogens is 741 g/mol. The van der Waals surface area contributed by atoms with Crippen LogP contribution in [0.2, 0.25) is 0 Å². The van der Waals surface area contributed by atoms with Gasteiger partial charge in [0, 0.05) is 73.9 Å². The number of hydrogen-bond donors (Lipinski definition) is 0. The van der Waals surface area contributed by atoms with Gasteiger partial charge in [-0.25, -0.2) is 0 Å². The van der Waals surface area contributed by atoms with Crippen molar-refractivity contribution in [2.24, 2.45) is 0 Å². The first-order chi connectivity index (χ1) is 28.6. The molecule has 0 unspecified atom stereocenters. The summed E-state index contributed by atoms with van der Waals surface area (Å²) >= 11 is 3.74. The molecule has 274 valence electrons. The molecule has 12 aromatic rings. The first-order valence-corrected chi connectivity index (χ1v) is 21.5. The summed E-state index contributed by atoms with van der Waals surface area (Å²) in [7, 11) is 0. The third-order valence-electron chi connectivity index (χ3n) is 11.9. The maximum Gasteiger partial charge on any atom is 0.0540 e. The monoisotopic (exact) mass is 776 g/mol. The van der Waals surface area contributed by atoms with E-state index in [-0.39, 0.29) is 0 Å². The number of benzene rings is 10. The molecule has 4 heteroatoms. The quantitative estimate of drug-likeness (QED) is 0.155. The van der Waals surface area contributed by atoms with Gasteiger partial charge < -0.3 is 9.80 Å². The molecule has 0 aliphatic carbocycles. The van der Waals surface area contributed by atoms with E-state index in [9.17, 15) is 0 Å². The second-order valence-electron chi connectivity index (χ2n) is 15.5. The molecule has 0 fully saturated rings. The number of fused-ring (bicyclic) bond motifs is 6. The summed E-state index contributed by atoms with van der Waals surface area (Å²) in [6, 6.07) is 67.9. The van der Waals surface area contributed by atoms with Crippen molar-refractivity contribution in [3.8, 4) is 0 Å². The highest BCUT2D eigenvalue weighted by atomic mass is 32.1. The van der Waals surface area contributed by atoms with Gasteiger partial charge in [-0.15, -0.1) is 22.7 Å². The molecule has 2 nitrogen and oxygen atoms in total. The molecule has 0 radical (unpaired) electrons. The van der Waals surface area contributed by atoms with Crippen LogP contribution in [-0.2, 0) is 0 Å². The first kappa shape index (κ1) is 33.4. The summed E-state index contributed by atoms with van der Waals surface area (Å²) in [6.45, 7) is 4.32. The Morgan fingerprint density at radius 2 is 0.672 bits per heavy atom. The van der Waals surface area contributed by atoms with E-state index >= 15 is 0 Å². The molecule has 58 heavy (non-hydrogen) atoms. The Balaban J connectivity index is 1.09. The van der Waals surface area contributed by atoms with Crippen molar-refractivity contribution in [2.75, 3.05) is 9.80 Å². The fourth-order valence-electron chi connectivity index (χ4n) is 9.11. The van der Waals surface area contributed by atoms with Crippen LogP contribution in [0.15, 0.2) is 182 Å². The number of aryl methyl sites for hydroxylation is 2. The van der Waals surface area contributed by atoms with E-state index in [4.69, 9.17) is 0 Å². The van der Waals surface area contributed by atoms with Crippen molar-refractivity contribution >= 4 is 129 Å². The van der Waals surface area contributed by atoms with Crippen LogP contribution in [0.4, 0.5) is 34.1 Å². The summed E-state index contributed by atoms with van der Waals surface area (Å²) in [5.74, 6) is 0. The molecule has 12 rings (SSSR count). The fourth-order valence-corrected chi connectivity index (χ4v) is 11.4. The third-order valence-corrected chi connectivity index (χ3v) is 14.2. The Morgan fingerprint density at radius 3 is 1.12 bits per heavy atom.